The number of carboxylic acid groups (broad SMARTS) is 1. The molecule has 0 saturated carbocycles. The fraction of sp³-hybridized carbons (Fsp3) is 0.611. The minimum atomic E-state index is -1.35. The van der Waals surface area contributed by atoms with Crippen LogP contribution < -0.4 is 21.7 Å². The van der Waals surface area contributed by atoms with Gasteiger partial charge in [0.25, 0.3) is 0 Å². The van der Waals surface area contributed by atoms with E-state index in [2.05, 4.69) is 25.9 Å². The van der Waals surface area contributed by atoms with Gasteiger partial charge >= 0.3 is 5.97 Å². The van der Waals surface area contributed by atoms with E-state index >= 15 is 0 Å². The summed E-state index contributed by atoms with van der Waals surface area (Å²) in [6, 6.07) is -3.38. The van der Waals surface area contributed by atoms with E-state index in [0.29, 0.717) is 5.69 Å². The number of H-pyrrole nitrogens is 1. The summed E-state index contributed by atoms with van der Waals surface area (Å²) in [6.07, 6.45) is 2.06. The highest BCUT2D eigenvalue weighted by atomic mass is 16.4. The molecule has 1 aromatic heterocycles. The number of aliphatic carboxylic acids is 1. The van der Waals surface area contributed by atoms with E-state index in [0.717, 1.165) is 0 Å². The first-order valence-electron chi connectivity index (χ1n) is 9.52. The summed E-state index contributed by atoms with van der Waals surface area (Å²) in [6.45, 7) is 4.37. The number of hydrogen-bond acceptors (Lipinski definition) is 7. The second-order valence-electron chi connectivity index (χ2n) is 7.42. The molecule has 168 valence electrons. The van der Waals surface area contributed by atoms with Gasteiger partial charge in [0, 0.05) is 18.3 Å². The van der Waals surface area contributed by atoms with Gasteiger partial charge in [-0.25, -0.2) is 4.98 Å². The van der Waals surface area contributed by atoms with Gasteiger partial charge in [0.1, 0.15) is 18.6 Å². The Morgan fingerprint density at radius 3 is 2.30 bits per heavy atom. The number of hydrogen-bond donors (Lipinski definition) is 7. The molecule has 1 heterocycles. The second-order valence-corrected chi connectivity index (χ2v) is 7.42. The van der Waals surface area contributed by atoms with Crippen molar-refractivity contribution >= 4 is 23.7 Å². The van der Waals surface area contributed by atoms with Gasteiger partial charge in [0.2, 0.25) is 17.7 Å². The quantitative estimate of drug-likeness (QED) is 0.196. The van der Waals surface area contributed by atoms with Crippen LogP contribution in [-0.4, -0.2) is 74.6 Å². The van der Waals surface area contributed by atoms with Crippen LogP contribution in [0.2, 0.25) is 0 Å². The average Bonchev–Trinajstić information content (AvgIpc) is 3.15. The van der Waals surface area contributed by atoms with Gasteiger partial charge in [-0.3, -0.25) is 19.2 Å². The van der Waals surface area contributed by atoms with Crippen LogP contribution in [0.5, 0.6) is 0 Å². The lowest BCUT2D eigenvalue weighted by molar-refractivity contribution is -0.139. The highest BCUT2D eigenvalue weighted by Gasteiger charge is 2.31. The lowest BCUT2D eigenvalue weighted by Gasteiger charge is -2.26. The van der Waals surface area contributed by atoms with Crippen molar-refractivity contribution in [2.24, 2.45) is 11.7 Å². The highest BCUT2D eigenvalue weighted by Crippen LogP contribution is 2.07. The number of carboxylic acids is 1. The third-order valence-corrected chi connectivity index (χ3v) is 4.15. The summed E-state index contributed by atoms with van der Waals surface area (Å²) in [5, 5.41) is 25.8. The van der Waals surface area contributed by atoms with E-state index in [9.17, 15) is 24.3 Å². The van der Waals surface area contributed by atoms with Crippen molar-refractivity contribution in [2.45, 2.75) is 57.8 Å². The molecule has 1 rings (SSSR count). The van der Waals surface area contributed by atoms with E-state index in [1.165, 1.54) is 19.4 Å². The van der Waals surface area contributed by atoms with Crippen molar-refractivity contribution in [3.8, 4) is 0 Å². The maximum absolute atomic E-state index is 12.7. The first-order chi connectivity index (χ1) is 14.0. The molecule has 0 radical (unpaired) electrons. The standard InChI is InChI=1S/C18H30N6O6/c1-9(2)4-13(17(29)21-7-14(26)27)23-18(30)15(10(3)25)24-16(28)12(19)5-11-6-20-8-22-11/h6,8-10,12-13,15,25H,4-5,7,19H2,1-3H3,(H,20,22)(H,21,29)(H,23,30)(H,24,28)(H,26,27). The van der Waals surface area contributed by atoms with Crippen LogP contribution in [0.4, 0.5) is 0 Å². The summed E-state index contributed by atoms with van der Waals surface area (Å²) in [5.74, 6) is -3.35. The Labute approximate surface area is 174 Å². The molecule has 4 unspecified atom stereocenters. The van der Waals surface area contributed by atoms with Gasteiger partial charge in [-0.15, -0.1) is 0 Å². The number of nitrogens with two attached hydrogens (primary N) is 1. The topological polar surface area (TPSA) is 200 Å². The Bertz CT molecular complexity index is 721. The van der Waals surface area contributed by atoms with Crippen LogP contribution in [0.3, 0.4) is 0 Å². The largest absolute Gasteiger partial charge is 0.480 e. The molecule has 1 aromatic rings. The predicted octanol–water partition coefficient (Wildman–Crippen LogP) is -2.12. The molecule has 0 saturated heterocycles. The molecule has 0 fully saturated rings. The molecule has 0 spiro atoms. The van der Waals surface area contributed by atoms with Gasteiger partial charge in [0.15, 0.2) is 0 Å². The Balaban J connectivity index is 2.79. The molecule has 12 nitrogen and oxygen atoms in total. The molecule has 0 bridgehead atoms. The maximum atomic E-state index is 12.7. The van der Waals surface area contributed by atoms with Crippen molar-refractivity contribution in [1.82, 2.24) is 25.9 Å². The predicted molar refractivity (Wildman–Crippen MR) is 106 cm³/mol. The Kier molecular flexibility index (Phi) is 9.92. The van der Waals surface area contributed by atoms with Gasteiger partial charge in [-0.2, -0.15) is 0 Å². The molecule has 0 aliphatic heterocycles. The molecule has 0 aliphatic rings. The van der Waals surface area contributed by atoms with Crippen molar-refractivity contribution < 1.29 is 29.4 Å². The second kappa shape index (κ2) is 11.9. The summed E-state index contributed by atoms with van der Waals surface area (Å²) < 4.78 is 0. The van der Waals surface area contributed by atoms with E-state index in [1.807, 2.05) is 13.8 Å². The number of aromatic nitrogens is 2. The van der Waals surface area contributed by atoms with E-state index in [4.69, 9.17) is 10.8 Å². The summed E-state index contributed by atoms with van der Waals surface area (Å²) in [4.78, 5) is 54.6. The van der Waals surface area contributed by atoms with E-state index < -0.39 is 54.5 Å². The third-order valence-electron chi connectivity index (χ3n) is 4.15. The Morgan fingerprint density at radius 2 is 1.80 bits per heavy atom. The zero-order valence-electron chi connectivity index (χ0n) is 17.2. The van der Waals surface area contributed by atoms with Crippen LogP contribution >= 0.6 is 0 Å². The van der Waals surface area contributed by atoms with Gasteiger partial charge in [-0.05, 0) is 19.3 Å². The Hall–Kier alpha value is -2.99. The summed E-state index contributed by atoms with van der Waals surface area (Å²) >= 11 is 0. The molecular formula is C18H30N6O6. The van der Waals surface area contributed by atoms with Crippen molar-refractivity contribution in [1.29, 1.82) is 0 Å². The molecule has 0 aromatic carbocycles. The number of imidazole rings is 1. The smallest absolute Gasteiger partial charge is 0.322 e. The average molecular weight is 426 g/mol. The van der Waals surface area contributed by atoms with Gasteiger partial charge in [0.05, 0.1) is 18.5 Å². The molecule has 4 atom stereocenters. The van der Waals surface area contributed by atoms with Crippen molar-refractivity contribution in [3.05, 3.63) is 18.2 Å². The lowest BCUT2D eigenvalue weighted by Crippen LogP contribution is -2.59. The zero-order valence-corrected chi connectivity index (χ0v) is 17.2. The van der Waals surface area contributed by atoms with Crippen LogP contribution in [0, 0.1) is 5.92 Å². The van der Waals surface area contributed by atoms with Crippen LogP contribution in [0.25, 0.3) is 0 Å². The maximum Gasteiger partial charge on any atom is 0.322 e. The fourth-order valence-electron chi connectivity index (χ4n) is 2.64. The zero-order chi connectivity index (χ0) is 22.8. The first kappa shape index (κ1) is 25.0. The number of aromatic amines is 1. The van der Waals surface area contributed by atoms with Crippen molar-refractivity contribution in [3.63, 3.8) is 0 Å². The molecule has 8 N–H and O–H groups in total. The number of amides is 3. The lowest BCUT2D eigenvalue weighted by atomic mass is 10.0. The first-order valence-corrected chi connectivity index (χ1v) is 9.52. The number of aliphatic hydroxyl groups excluding tert-OH is 1. The number of carbonyl (C=O) groups excluding carboxylic acids is 3. The molecule has 30 heavy (non-hydrogen) atoms. The molecular weight excluding hydrogens is 396 g/mol. The minimum Gasteiger partial charge on any atom is -0.480 e. The number of rotatable bonds is 12. The molecule has 12 heteroatoms. The molecule has 0 aliphatic carbocycles. The summed E-state index contributed by atoms with van der Waals surface area (Å²) in [7, 11) is 0. The SMILES string of the molecule is CC(C)CC(NC(=O)C(NC(=O)C(N)Cc1cnc[nH]1)C(C)O)C(=O)NCC(=O)O. The third kappa shape index (κ3) is 8.57. The molecule has 3 amide bonds. The fourth-order valence-corrected chi connectivity index (χ4v) is 2.64. The highest BCUT2D eigenvalue weighted by molar-refractivity contribution is 5.94. The van der Waals surface area contributed by atoms with Crippen molar-refractivity contribution in [2.75, 3.05) is 6.54 Å². The minimum absolute atomic E-state index is 0.00768. The number of nitrogens with zero attached hydrogens (tertiary/aromatic N) is 1. The van der Waals surface area contributed by atoms with Gasteiger partial charge in [-0.1, -0.05) is 13.8 Å². The Morgan fingerprint density at radius 1 is 1.13 bits per heavy atom. The van der Waals surface area contributed by atoms with Crippen LogP contribution in [0.15, 0.2) is 12.5 Å². The van der Waals surface area contributed by atoms with Gasteiger partial charge < -0.3 is 36.9 Å². The number of nitrogens with one attached hydrogen (secondary N) is 4. The van der Waals surface area contributed by atoms with Crippen LogP contribution in [0.1, 0.15) is 32.9 Å². The summed E-state index contributed by atoms with van der Waals surface area (Å²) in [5.41, 5.74) is 6.47. The number of carbonyl (C=O) groups is 4. The monoisotopic (exact) mass is 426 g/mol. The number of aliphatic hydroxyl groups is 1. The normalized spacial score (nSPS) is 15.0. The van der Waals surface area contributed by atoms with E-state index in [1.54, 1.807) is 0 Å². The van der Waals surface area contributed by atoms with Crippen LogP contribution in [-0.2, 0) is 25.6 Å². The van der Waals surface area contributed by atoms with E-state index in [-0.39, 0.29) is 18.8 Å².